The summed E-state index contributed by atoms with van der Waals surface area (Å²) in [6, 6.07) is -0.966. The zero-order valence-electron chi connectivity index (χ0n) is 21.5. The number of aromatic nitrogens is 1. The summed E-state index contributed by atoms with van der Waals surface area (Å²) in [6.45, 7) is 1.92. The number of carboxylic acid groups (broad SMARTS) is 1. The maximum atomic E-state index is 13.1. The van der Waals surface area contributed by atoms with Crippen LogP contribution in [0, 0.1) is 0 Å². The summed E-state index contributed by atoms with van der Waals surface area (Å²) < 4.78 is 0. The summed E-state index contributed by atoms with van der Waals surface area (Å²) in [4.78, 5) is 53.2. The van der Waals surface area contributed by atoms with E-state index in [1.807, 2.05) is 0 Å². The van der Waals surface area contributed by atoms with Crippen LogP contribution in [0.2, 0.25) is 0 Å². The highest BCUT2D eigenvalue weighted by Crippen LogP contribution is 2.41. The molecule has 1 aliphatic carbocycles. The SMILES string of the molecule is CCO/N=C(\C(=O)NC1C(=O)N2C(C(=O)[O-])=C(CSC3N=C(N)C4=C(CCCC4)[NH+]3N)CS[C@H]12)c1csc(N)n1. The van der Waals surface area contributed by atoms with Gasteiger partial charge in [0.15, 0.2) is 10.8 Å². The molecule has 1 aromatic rings. The van der Waals surface area contributed by atoms with E-state index >= 15 is 0 Å². The third-order valence-electron chi connectivity index (χ3n) is 6.86. The van der Waals surface area contributed by atoms with Gasteiger partial charge in [0, 0.05) is 23.3 Å². The molecule has 14 nitrogen and oxygen atoms in total. The molecule has 3 unspecified atom stereocenters. The summed E-state index contributed by atoms with van der Waals surface area (Å²) in [5.41, 5.74) is 13.9. The number of hydrogen-bond donors (Lipinski definition) is 5. The first-order chi connectivity index (χ1) is 19.2. The number of thiazole rings is 1. The highest BCUT2D eigenvalue weighted by molar-refractivity contribution is 8.01. The van der Waals surface area contributed by atoms with Crippen LogP contribution in [0.3, 0.4) is 0 Å². The summed E-state index contributed by atoms with van der Waals surface area (Å²) in [6.07, 6.45) is 3.78. The Bertz CT molecular complexity index is 1360. The molecule has 0 radical (unpaired) electrons. The minimum atomic E-state index is -1.46. The van der Waals surface area contributed by atoms with E-state index in [0.29, 0.717) is 22.2 Å². The lowest BCUT2D eigenvalue weighted by Crippen LogP contribution is -3.19. The molecule has 1 saturated heterocycles. The van der Waals surface area contributed by atoms with Crippen molar-refractivity contribution in [2.75, 3.05) is 23.8 Å². The third-order valence-corrected chi connectivity index (χ3v) is 10.1. The average molecular weight is 608 g/mol. The molecule has 1 fully saturated rings. The summed E-state index contributed by atoms with van der Waals surface area (Å²) in [5.74, 6) is 4.80. The number of amides is 2. The van der Waals surface area contributed by atoms with E-state index in [9.17, 15) is 19.5 Å². The minimum absolute atomic E-state index is 0.132. The van der Waals surface area contributed by atoms with Gasteiger partial charge in [-0.05, 0) is 31.8 Å². The number of rotatable bonds is 9. The molecule has 4 heterocycles. The van der Waals surface area contributed by atoms with Crippen molar-refractivity contribution < 1.29 is 29.3 Å². The Morgan fingerprint density at radius 3 is 2.83 bits per heavy atom. The maximum absolute atomic E-state index is 13.1. The number of nitrogens with one attached hydrogen (secondary N) is 2. The summed E-state index contributed by atoms with van der Waals surface area (Å²) >= 11 is 3.84. The fourth-order valence-electron chi connectivity index (χ4n) is 4.96. The van der Waals surface area contributed by atoms with E-state index in [0.717, 1.165) is 53.2 Å². The van der Waals surface area contributed by atoms with Crippen molar-refractivity contribution in [3.8, 4) is 0 Å². The first kappa shape index (κ1) is 28.4. The number of carbonyl (C=O) groups is 3. The number of aliphatic carboxylic acids is 1. The standard InChI is InChI=1S/C23H29N9O5S3/c1-2-37-30-14(12-9-39-22(25)27-12)18(33)28-15-19(34)31-16(21(35)36)10(7-38-20(15)31)8-40-23-29-17(24)11-5-3-4-6-13(11)32(23)26/h9,15,20,23H,2-8,26H2,1H3,(H2,24,29)(H2,25,27)(H,28,33)(H,35,36)/b30-14-/t15?,20-,23?/m1/s1. The number of β-lactam (4-membered cyclic amide) rings is 1. The van der Waals surface area contributed by atoms with Crippen molar-refractivity contribution in [3.05, 3.63) is 33.6 Å². The molecule has 5 rings (SSSR count). The molecule has 3 aliphatic heterocycles. The number of fused-ring (bicyclic) bond motifs is 1. The van der Waals surface area contributed by atoms with Gasteiger partial charge in [-0.25, -0.2) is 9.99 Å². The molecule has 8 N–H and O–H groups in total. The smallest absolute Gasteiger partial charge is 0.276 e. The van der Waals surface area contributed by atoms with Crippen molar-refractivity contribution in [2.24, 2.45) is 21.7 Å². The van der Waals surface area contributed by atoms with Gasteiger partial charge >= 0.3 is 0 Å². The number of nitrogens with two attached hydrogens (primary N) is 3. The Morgan fingerprint density at radius 2 is 2.12 bits per heavy atom. The van der Waals surface area contributed by atoms with E-state index in [-0.39, 0.29) is 34.6 Å². The largest absolute Gasteiger partial charge is 0.543 e. The van der Waals surface area contributed by atoms with Gasteiger partial charge in [0.05, 0.1) is 17.2 Å². The molecule has 0 spiro atoms. The molecule has 4 atom stereocenters. The Balaban J connectivity index is 1.28. The average Bonchev–Trinajstić information content (AvgIpc) is 3.38. The zero-order valence-corrected chi connectivity index (χ0v) is 24.0. The molecule has 2 amide bonds. The lowest BCUT2D eigenvalue weighted by Gasteiger charge is -2.50. The van der Waals surface area contributed by atoms with E-state index in [2.05, 4.69) is 20.4 Å². The number of allylic oxidation sites excluding steroid dienone is 1. The number of hydrogen-bond acceptors (Lipinski definition) is 14. The highest BCUT2D eigenvalue weighted by Gasteiger charge is 2.53. The number of oxime groups is 1. The fraction of sp³-hybridized carbons (Fsp3) is 0.478. The van der Waals surface area contributed by atoms with E-state index in [1.165, 1.54) is 23.5 Å². The number of thioether (sulfide) groups is 2. The molecule has 40 heavy (non-hydrogen) atoms. The number of nitrogen functional groups attached to an aromatic ring is 1. The summed E-state index contributed by atoms with van der Waals surface area (Å²) in [7, 11) is 0. The van der Waals surface area contributed by atoms with Crippen LogP contribution >= 0.6 is 34.9 Å². The Morgan fingerprint density at radius 1 is 1.35 bits per heavy atom. The lowest BCUT2D eigenvalue weighted by molar-refractivity contribution is -0.886. The minimum Gasteiger partial charge on any atom is -0.543 e. The van der Waals surface area contributed by atoms with Gasteiger partial charge in [-0.1, -0.05) is 16.9 Å². The second kappa shape index (κ2) is 11.8. The topological polar surface area (TPSA) is 219 Å². The van der Waals surface area contributed by atoms with Gasteiger partial charge in [0.1, 0.15) is 35.2 Å². The van der Waals surface area contributed by atoms with Gasteiger partial charge in [-0.2, -0.15) is 10.8 Å². The Labute approximate surface area is 242 Å². The number of aliphatic imine (C=N–C) groups is 1. The van der Waals surface area contributed by atoms with Gasteiger partial charge in [0.2, 0.25) is 0 Å². The Hall–Kier alpha value is -3.12. The van der Waals surface area contributed by atoms with Crippen LogP contribution < -0.4 is 32.7 Å². The quantitative estimate of drug-likeness (QED) is 0.0881. The van der Waals surface area contributed by atoms with Crippen LogP contribution in [0.25, 0.3) is 0 Å². The van der Waals surface area contributed by atoms with Crippen molar-refractivity contribution in [1.29, 1.82) is 0 Å². The van der Waals surface area contributed by atoms with E-state index in [1.54, 1.807) is 12.3 Å². The first-order valence-electron chi connectivity index (χ1n) is 12.6. The van der Waals surface area contributed by atoms with Gasteiger partial charge < -0.3 is 31.5 Å². The molecule has 4 aliphatic rings. The number of carboxylic acids is 1. The molecule has 214 valence electrons. The number of anilines is 1. The van der Waals surface area contributed by atoms with E-state index < -0.39 is 34.7 Å². The predicted molar refractivity (Wildman–Crippen MR) is 150 cm³/mol. The van der Waals surface area contributed by atoms with E-state index in [4.69, 9.17) is 22.1 Å². The number of quaternary nitrogens is 1. The predicted octanol–water partition coefficient (Wildman–Crippen LogP) is -2.16. The Kier molecular flexibility index (Phi) is 8.37. The second-order valence-corrected chi connectivity index (χ2v) is 12.4. The van der Waals surface area contributed by atoms with Crippen LogP contribution in [0.1, 0.15) is 38.3 Å². The fourth-order valence-corrected chi connectivity index (χ4v) is 8.09. The molecular formula is C23H29N9O5S3. The van der Waals surface area contributed by atoms with Gasteiger partial charge in [0.25, 0.3) is 17.3 Å². The van der Waals surface area contributed by atoms with Crippen LogP contribution in [-0.4, -0.2) is 74.2 Å². The molecule has 1 aromatic heterocycles. The van der Waals surface area contributed by atoms with Crippen molar-refractivity contribution in [1.82, 2.24) is 15.2 Å². The molecule has 0 saturated carbocycles. The number of amidine groups is 1. The van der Waals surface area contributed by atoms with Crippen molar-refractivity contribution in [3.63, 3.8) is 0 Å². The second-order valence-electron chi connectivity index (χ2n) is 9.33. The van der Waals surface area contributed by atoms with Crippen LogP contribution in [-0.2, 0) is 19.2 Å². The first-order valence-corrected chi connectivity index (χ1v) is 15.6. The monoisotopic (exact) mass is 607 g/mol. The summed E-state index contributed by atoms with van der Waals surface area (Å²) in [5, 5.41) is 20.5. The van der Waals surface area contributed by atoms with Crippen LogP contribution in [0.15, 0.2) is 38.1 Å². The normalized spacial score (nSPS) is 26.6. The zero-order chi connectivity index (χ0) is 28.6. The van der Waals surface area contributed by atoms with Gasteiger partial charge in [-0.3, -0.25) is 14.5 Å². The molecule has 0 bridgehead atoms. The molecular weight excluding hydrogens is 579 g/mol. The number of carbonyl (C=O) groups excluding carboxylic acids is 3. The van der Waals surface area contributed by atoms with Gasteiger partial charge in [-0.15, -0.1) is 23.1 Å². The highest BCUT2D eigenvalue weighted by atomic mass is 32.2. The van der Waals surface area contributed by atoms with Crippen LogP contribution in [0.4, 0.5) is 5.13 Å². The van der Waals surface area contributed by atoms with Crippen molar-refractivity contribution >= 4 is 69.3 Å². The molecule has 0 aromatic carbocycles. The molecule has 17 heteroatoms. The third kappa shape index (κ3) is 5.30. The van der Waals surface area contributed by atoms with Crippen LogP contribution in [0.5, 0.6) is 0 Å². The van der Waals surface area contributed by atoms with Crippen molar-refractivity contribution in [2.45, 2.75) is 49.5 Å². The number of nitrogens with zero attached hydrogens (tertiary/aromatic N) is 4. The lowest BCUT2D eigenvalue weighted by atomic mass is 9.94. The maximum Gasteiger partial charge on any atom is 0.276 e.